The second-order valence-corrected chi connectivity index (χ2v) is 5.72. The van der Waals surface area contributed by atoms with Crippen molar-refractivity contribution in [1.29, 1.82) is 0 Å². The average Bonchev–Trinajstić information content (AvgIpc) is 3.00. The molecule has 2 rings (SSSR count). The molecule has 3 N–H and O–H groups in total. The topological polar surface area (TPSA) is 93.9 Å². The van der Waals surface area contributed by atoms with E-state index in [-0.39, 0.29) is 31.3 Å². The van der Waals surface area contributed by atoms with Gasteiger partial charge in [-0.05, 0) is 12.1 Å². The van der Waals surface area contributed by atoms with Crippen LogP contribution in [0, 0.1) is 5.92 Å². The number of amides is 2. The summed E-state index contributed by atoms with van der Waals surface area (Å²) in [6.07, 6.45) is -0.0603. The van der Waals surface area contributed by atoms with Gasteiger partial charge in [0.1, 0.15) is 11.5 Å². The molecule has 0 aromatic heterocycles. The van der Waals surface area contributed by atoms with Gasteiger partial charge in [-0.1, -0.05) is 0 Å². The van der Waals surface area contributed by atoms with E-state index in [0.717, 1.165) is 0 Å². The zero-order chi connectivity index (χ0) is 18.6. The van der Waals surface area contributed by atoms with Crippen molar-refractivity contribution < 1.29 is 27.8 Å². The van der Waals surface area contributed by atoms with E-state index >= 15 is 0 Å². The Bertz CT molecular complexity index is 660. The Labute approximate surface area is 156 Å². The highest BCUT2D eigenvalue weighted by atomic mass is 35.5. The third-order valence-corrected chi connectivity index (χ3v) is 3.99. The van der Waals surface area contributed by atoms with Crippen LogP contribution in [0.3, 0.4) is 0 Å². The Morgan fingerprint density at radius 3 is 2.65 bits per heavy atom. The highest BCUT2D eigenvalue weighted by Crippen LogP contribution is 2.35. The smallest absolute Gasteiger partial charge is 0.277 e. The second kappa shape index (κ2) is 9.00. The molecule has 26 heavy (non-hydrogen) atoms. The van der Waals surface area contributed by atoms with E-state index in [2.05, 4.69) is 5.32 Å². The van der Waals surface area contributed by atoms with E-state index < -0.39 is 30.8 Å². The molecule has 1 aromatic rings. The number of benzene rings is 1. The minimum Gasteiger partial charge on any atom is -0.497 e. The first-order valence-electron chi connectivity index (χ1n) is 7.69. The molecule has 0 saturated carbocycles. The van der Waals surface area contributed by atoms with Gasteiger partial charge in [-0.2, -0.15) is 0 Å². The number of alkyl halides is 2. The lowest BCUT2D eigenvalue weighted by Gasteiger charge is -2.20. The molecular formula is C16H22ClF2N3O4. The predicted molar refractivity (Wildman–Crippen MR) is 94.3 cm³/mol. The van der Waals surface area contributed by atoms with Crippen LogP contribution in [0.2, 0.25) is 0 Å². The fraction of sp³-hybridized carbons (Fsp3) is 0.500. The van der Waals surface area contributed by atoms with Gasteiger partial charge in [0, 0.05) is 19.0 Å². The first-order chi connectivity index (χ1) is 11.8. The summed E-state index contributed by atoms with van der Waals surface area (Å²) in [4.78, 5) is 25.7. The zero-order valence-corrected chi connectivity index (χ0v) is 15.3. The fourth-order valence-corrected chi connectivity index (χ4v) is 2.56. The number of carbonyl (C=O) groups is 2. The van der Waals surface area contributed by atoms with Gasteiger partial charge in [0.05, 0.1) is 38.9 Å². The molecule has 7 nitrogen and oxygen atoms in total. The molecular weight excluding hydrogens is 372 g/mol. The maximum absolute atomic E-state index is 13.1. The zero-order valence-electron chi connectivity index (χ0n) is 14.5. The molecule has 0 spiro atoms. The van der Waals surface area contributed by atoms with Crippen molar-refractivity contribution in [2.45, 2.75) is 12.3 Å². The quantitative estimate of drug-likeness (QED) is 0.725. The van der Waals surface area contributed by atoms with Gasteiger partial charge in [0.25, 0.3) is 5.92 Å². The molecule has 1 heterocycles. The SMILES string of the molecule is COc1ccc(N2CC(C(=O)NCC(F)(F)CN)CC2=O)c(OC)c1.Cl. The van der Waals surface area contributed by atoms with E-state index in [0.29, 0.717) is 17.2 Å². The van der Waals surface area contributed by atoms with Crippen LogP contribution in [0.15, 0.2) is 18.2 Å². The Balaban J connectivity index is 0.00000338. The summed E-state index contributed by atoms with van der Waals surface area (Å²) in [6, 6.07) is 4.94. The van der Waals surface area contributed by atoms with Crippen molar-refractivity contribution in [3.63, 3.8) is 0 Å². The van der Waals surface area contributed by atoms with Gasteiger partial charge in [0.2, 0.25) is 11.8 Å². The molecule has 2 amide bonds. The van der Waals surface area contributed by atoms with E-state index in [1.165, 1.54) is 19.1 Å². The van der Waals surface area contributed by atoms with Gasteiger partial charge >= 0.3 is 0 Å². The maximum atomic E-state index is 13.1. The standard InChI is InChI=1S/C16H21F2N3O4.ClH/c1-24-11-3-4-12(13(6-11)25-2)21-7-10(5-14(21)22)15(23)20-9-16(17,18)8-19;/h3-4,6,10H,5,7-9,19H2,1-2H3,(H,20,23);1H. The van der Waals surface area contributed by atoms with Crippen LogP contribution >= 0.6 is 12.4 Å². The van der Waals surface area contributed by atoms with Gasteiger partial charge in [0.15, 0.2) is 0 Å². The van der Waals surface area contributed by atoms with Crippen LogP contribution in [-0.2, 0) is 9.59 Å². The molecule has 1 aromatic carbocycles. The summed E-state index contributed by atoms with van der Waals surface area (Å²) in [7, 11) is 2.96. The molecule has 1 fully saturated rings. The number of methoxy groups -OCH3 is 2. The Hall–Kier alpha value is -2.13. The highest BCUT2D eigenvalue weighted by molar-refractivity contribution is 6.01. The molecule has 1 saturated heterocycles. The van der Waals surface area contributed by atoms with Gasteiger partial charge in [-0.15, -0.1) is 12.4 Å². The van der Waals surface area contributed by atoms with Crippen molar-refractivity contribution in [3.8, 4) is 11.5 Å². The van der Waals surface area contributed by atoms with Crippen molar-refractivity contribution in [1.82, 2.24) is 5.32 Å². The summed E-state index contributed by atoms with van der Waals surface area (Å²) in [5.41, 5.74) is 5.43. The summed E-state index contributed by atoms with van der Waals surface area (Å²) >= 11 is 0. The summed E-state index contributed by atoms with van der Waals surface area (Å²) < 4.78 is 36.7. The number of halogens is 3. The number of carbonyl (C=O) groups excluding carboxylic acids is 2. The molecule has 0 radical (unpaired) electrons. The van der Waals surface area contributed by atoms with E-state index in [1.807, 2.05) is 0 Å². The third kappa shape index (κ3) is 4.95. The summed E-state index contributed by atoms with van der Waals surface area (Å²) in [5.74, 6) is -3.79. The van der Waals surface area contributed by atoms with Gasteiger partial charge in [-0.3, -0.25) is 9.59 Å². The number of ether oxygens (including phenoxy) is 2. The Morgan fingerprint density at radius 1 is 1.38 bits per heavy atom. The van der Waals surface area contributed by atoms with Crippen LogP contribution < -0.4 is 25.4 Å². The van der Waals surface area contributed by atoms with Crippen molar-refractivity contribution >= 4 is 29.9 Å². The van der Waals surface area contributed by atoms with Crippen LogP contribution in [-0.4, -0.2) is 51.6 Å². The molecule has 10 heteroatoms. The second-order valence-electron chi connectivity index (χ2n) is 5.72. The highest BCUT2D eigenvalue weighted by Gasteiger charge is 2.37. The van der Waals surface area contributed by atoms with E-state index in [9.17, 15) is 18.4 Å². The van der Waals surface area contributed by atoms with E-state index in [1.54, 1.807) is 18.2 Å². The van der Waals surface area contributed by atoms with Crippen molar-refractivity contribution in [2.24, 2.45) is 11.7 Å². The van der Waals surface area contributed by atoms with Crippen LogP contribution in [0.1, 0.15) is 6.42 Å². The monoisotopic (exact) mass is 393 g/mol. The lowest BCUT2D eigenvalue weighted by atomic mass is 10.1. The normalized spacial score (nSPS) is 16.9. The first-order valence-corrected chi connectivity index (χ1v) is 7.69. The number of hydrogen-bond acceptors (Lipinski definition) is 5. The van der Waals surface area contributed by atoms with Gasteiger partial charge < -0.3 is 25.4 Å². The minimum atomic E-state index is -3.17. The van der Waals surface area contributed by atoms with Gasteiger partial charge in [-0.25, -0.2) is 8.78 Å². The summed E-state index contributed by atoms with van der Waals surface area (Å²) in [5, 5.41) is 2.16. The molecule has 0 bridgehead atoms. The molecule has 1 atom stereocenters. The third-order valence-electron chi connectivity index (χ3n) is 3.99. The van der Waals surface area contributed by atoms with E-state index in [4.69, 9.17) is 15.2 Å². The Morgan fingerprint density at radius 2 is 2.08 bits per heavy atom. The number of hydrogen-bond donors (Lipinski definition) is 2. The van der Waals surface area contributed by atoms with Crippen LogP contribution in [0.25, 0.3) is 0 Å². The molecule has 1 aliphatic heterocycles. The Kier molecular flexibility index (Phi) is 7.58. The van der Waals surface area contributed by atoms with Crippen molar-refractivity contribution in [3.05, 3.63) is 18.2 Å². The predicted octanol–water partition coefficient (Wildman–Crippen LogP) is 1.19. The molecule has 1 aliphatic rings. The minimum absolute atomic E-state index is 0. The number of rotatable bonds is 7. The largest absolute Gasteiger partial charge is 0.497 e. The lowest BCUT2D eigenvalue weighted by Crippen LogP contribution is -2.44. The van der Waals surface area contributed by atoms with Crippen LogP contribution in [0.4, 0.5) is 14.5 Å². The average molecular weight is 394 g/mol. The lowest BCUT2D eigenvalue weighted by molar-refractivity contribution is -0.127. The van der Waals surface area contributed by atoms with Crippen LogP contribution in [0.5, 0.6) is 11.5 Å². The summed E-state index contributed by atoms with van der Waals surface area (Å²) in [6.45, 7) is -1.62. The molecule has 1 unspecified atom stereocenters. The maximum Gasteiger partial charge on any atom is 0.277 e. The number of nitrogens with zero attached hydrogens (tertiary/aromatic N) is 1. The number of nitrogens with two attached hydrogens (primary N) is 1. The van der Waals surface area contributed by atoms with Crippen molar-refractivity contribution in [2.75, 3.05) is 38.8 Å². The molecule has 146 valence electrons. The number of nitrogens with one attached hydrogen (secondary N) is 1. The first kappa shape index (κ1) is 21.9. The number of anilines is 1. The fourth-order valence-electron chi connectivity index (χ4n) is 2.56. The molecule has 0 aliphatic carbocycles.